The first-order valence-corrected chi connectivity index (χ1v) is 5.91. The quantitative estimate of drug-likeness (QED) is 0.632. The highest BCUT2D eigenvalue weighted by molar-refractivity contribution is 6.03. The Bertz CT molecular complexity index is 548. The maximum Gasteiger partial charge on any atom is 0.338 e. The fraction of sp³-hybridized carbons (Fsp3) is 0.214. The number of nitrogens with one attached hydrogen (secondary N) is 1. The van der Waals surface area contributed by atoms with Gasteiger partial charge in [0.05, 0.1) is 11.7 Å². The number of esters is 1. The summed E-state index contributed by atoms with van der Waals surface area (Å²) >= 11 is 0. The number of rotatable bonds is 5. The molecule has 6 nitrogen and oxygen atoms in total. The van der Waals surface area contributed by atoms with Gasteiger partial charge >= 0.3 is 11.9 Å². The third-order valence-electron chi connectivity index (χ3n) is 2.09. The van der Waals surface area contributed by atoms with Crippen molar-refractivity contribution < 1.29 is 24.2 Å². The molecule has 1 amide bonds. The van der Waals surface area contributed by atoms with Crippen molar-refractivity contribution in [2.45, 2.75) is 20.0 Å². The molecule has 0 saturated carbocycles. The zero-order chi connectivity index (χ0) is 15.1. The third kappa shape index (κ3) is 5.34. The third-order valence-corrected chi connectivity index (χ3v) is 2.09. The van der Waals surface area contributed by atoms with Gasteiger partial charge in [0, 0.05) is 17.8 Å². The van der Waals surface area contributed by atoms with Crippen LogP contribution in [0.4, 0.5) is 5.69 Å². The Kier molecular flexibility index (Phi) is 5.46. The van der Waals surface area contributed by atoms with Crippen LogP contribution < -0.4 is 5.32 Å². The predicted octanol–water partition coefficient (Wildman–Crippen LogP) is 1.83. The summed E-state index contributed by atoms with van der Waals surface area (Å²) in [5.74, 6) is -2.30. The number of carbonyl (C=O) groups is 3. The Morgan fingerprint density at radius 1 is 1.25 bits per heavy atom. The molecule has 1 rings (SSSR count). The maximum absolute atomic E-state index is 11.7. The second kappa shape index (κ2) is 7.08. The number of hydrogen-bond acceptors (Lipinski definition) is 4. The van der Waals surface area contributed by atoms with Gasteiger partial charge in [0.2, 0.25) is 5.91 Å². The number of ether oxygens (including phenoxy) is 1. The van der Waals surface area contributed by atoms with Gasteiger partial charge in [0.15, 0.2) is 0 Å². The number of benzene rings is 1. The van der Waals surface area contributed by atoms with Gasteiger partial charge in [-0.05, 0) is 32.0 Å². The summed E-state index contributed by atoms with van der Waals surface area (Å²) in [7, 11) is 0. The van der Waals surface area contributed by atoms with E-state index in [-0.39, 0.29) is 6.10 Å². The molecule has 0 bridgehead atoms. The van der Waals surface area contributed by atoms with Crippen LogP contribution in [0.1, 0.15) is 24.2 Å². The zero-order valence-corrected chi connectivity index (χ0v) is 11.1. The molecule has 0 radical (unpaired) electrons. The van der Waals surface area contributed by atoms with Crippen LogP contribution in [0.15, 0.2) is 36.4 Å². The summed E-state index contributed by atoms with van der Waals surface area (Å²) in [5.41, 5.74) is 0.682. The minimum Gasteiger partial charge on any atom is -0.478 e. The molecule has 0 aromatic heterocycles. The van der Waals surface area contributed by atoms with Crippen LogP contribution in [-0.2, 0) is 14.3 Å². The molecule has 0 aliphatic rings. The first kappa shape index (κ1) is 15.4. The van der Waals surface area contributed by atoms with Crippen LogP contribution in [0, 0.1) is 0 Å². The minimum absolute atomic E-state index is 0.237. The Hall–Kier alpha value is -2.63. The van der Waals surface area contributed by atoms with Crippen molar-refractivity contribution in [2.75, 3.05) is 5.32 Å². The van der Waals surface area contributed by atoms with E-state index in [4.69, 9.17) is 9.84 Å². The summed E-state index contributed by atoms with van der Waals surface area (Å²) in [6.07, 6.45) is 1.38. The van der Waals surface area contributed by atoms with Crippen LogP contribution in [0.2, 0.25) is 0 Å². The van der Waals surface area contributed by atoms with Gasteiger partial charge in [0.1, 0.15) is 0 Å². The van der Waals surface area contributed by atoms with Crippen molar-refractivity contribution in [1.82, 2.24) is 0 Å². The van der Waals surface area contributed by atoms with Gasteiger partial charge in [-0.15, -0.1) is 0 Å². The highest BCUT2D eigenvalue weighted by Crippen LogP contribution is 2.12. The lowest BCUT2D eigenvalue weighted by atomic mass is 10.2. The van der Waals surface area contributed by atoms with E-state index in [1.807, 2.05) is 0 Å². The molecule has 0 unspecified atom stereocenters. The van der Waals surface area contributed by atoms with Crippen LogP contribution in [-0.4, -0.2) is 29.1 Å². The average molecular weight is 277 g/mol. The van der Waals surface area contributed by atoms with Crippen molar-refractivity contribution in [1.29, 1.82) is 0 Å². The SMILES string of the molecule is CC(C)OC(=O)c1cccc(NC(=O)C=CC(=O)O)c1. The number of carboxylic acids is 1. The monoisotopic (exact) mass is 277 g/mol. The average Bonchev–Trinajstić information content (AvgIpc) is 2.36. The van der Waals surface area contributed by atoms with E-state index in [1.165, 1.54) is 6.07 Å². The van der Waals surface area contributed by atoms with Crippen molar-refractivity contribution in [3.8, 4) is 0 Å². The number of anilines is 1. The van der Waals surface area contributed by atoms with E-state index in [2.05, 4.69) is 5.32 Å². The maximum atomic E-state index is 11.7. The van der Waals surface area contributed by atoms with Gasteiger partial charge in [-0.3, -0.25) is 4.79 Å². The highest BCUT2D eigenvalue weighted by atomic mass is 16.5. The highest BCUT2D eigenvalue weighted by Gasteiger charge is 2.10. The van der Waals surface area contributed by atoms with Crippen LogP contribution in [0.25, 0.3) is 0 Å². The van der Waals surface area contributed by atoms with Crippen LogP contribution in [0.5, 0.6) is 0 Å². The van der Waals surface area contributed by atoms with E-state index in [1.54, 1.807) is 32.0 Å². The number of carboxylic acid groups (broad SMARTS) is 1. The molecule has 1 aromatic rings. The van der Waals surface area contributed by atoms with E-state index < -0.39 is 17.8 Å². The Labute approximate surface area is 116 Å². The number of amides is 1. The number of aliphatic carboxylic acids is 1. The molecule has 0 aliphatic heterocycles. The van der Waals surface area contributed by atoms with Crippen LogP contribution >= 0.6 is 0 Å². The van der Waals surface area contributed by atoms with Crippen molar-refractivity contribution in [2.24, 2.45) is 0 Å². The van der Waals surface area contributed by atoms with Crippen molar-refractivity contribution in [3.63, 3.8) is 0 Å². The molecule has 6 heteroatoms. The Balaban J connectivity index is 2.76. The normalized spacial score (nSPS) is 10.6. The summed E-state index contributed by atoms with van der Waals surface area (Å²) in [6, 6.07) is 6.19. The fourth-order valence-corrected chi connectivity index (χ4v) is 1.34. The lowest BCUT2D eigenvalue weighted by Crippen LogP contribution is -2.13. The summed E-state index contributed by atoms with van der Waals surface area (Å²) in [5, 5.41) is 10.9. The van der Waals surface area contributed by atoms with Gasteiger partial charge in [0.25, 0.3) is 0 Å². The number of carbonyl (C=O) groups excluding carboxylic acids is 2. The molecule has 0 heterocycles. The molecule has 20 heavy (non-hydrogen) atoms. The molecule has 106 valence electrons. The zero-order valence-electron chi connectivity index (χ0n) is 11.1. The van der Waals surface area contributed by atoms with Gasteiger partial charge in [-0.1, -0.05) is 6.07 Å². The van der Waals surface area contributed by atoms with Crippen molar-refractivity contribution >= 4 is 23.5 Å². The van der Waals surface area contributed by atoms with E-state index >= 15 is 0 Å². The fourth-order valence-electron chi connectivity index (χ4n) is 1.34. The smallest absolute Gasteiger partial charge is 0.338 e. The molecule has 0 fully saturated rings. The lowest BCUT2D eigenvalue weighted by molar-refractivity contribution is -0.131. The topological polar surface area (TPSA) is 92.7 Å². The first-order valence-electron chi connectivity index (χ1n) is 5.91. The second-order valence-electron chi connectivity index (χ2n) is 4.20. The largest absolute Gasteiger partial charge is 0.478 e. The minimum atomic E-state index is -1.21. The standard InChI is InChI=1S/C14H15NO5/c1-9(2)20-14(19)10-4-3-5-11(8-10)15-12(16)6-7-13(17)18/h3-9H,1-2H3,(H,15,16)(H,17,18). The molecule has 1 aromatic carbocycles. The van der Waals surface area contributed by atoms with E-state index in [9.17, 15) is 14.4 Å². The van der Waals surface area contributed by atoms with Crippen molar-refractivity contribution in [3.05, 3.63) is 42.0 Å². The van der Waals surface area contributed by atoms with Gasteiger partial charge in [-0.2, -0.15) is 0 Å². The molecule has 2 N–H and O–H groups in total. The van der Waals surface area contributed by atoms with Gasteiger partial charge in [-0.25, -0.2) is 9.59 Å². The first-order chi connectivity index (χ1) is 9.38. The Morgan fingerprint density at radius 3 is 2.55 bits per heavy atom. The molecule has 0 atom stereocenters. The number of hydrogen-bond donors (Lipinski definition) is 2. The molecule has 0 aliphatic carbocycles. The summed E-state index contributed by atoms with van der Waals surface area (Å²) < 4.78 is 5.03. The summed E-state index contributed by atoms with van der Waals surface area (Å²) in [6.45, 7) is 3.47. The van der Waals surface area contributed by atoms with E-state index in [0.29, 0.717) is 11.3 Å². The van der Waals surface area contributed by atoms with E-state index in [0.717, 1.165) is 12.2 Å². The molecular formula is C14H15NO5. The lowest BCUT2D eigenvalue weighted by Gasteiger charge is -2.09. The molecule has 0 saturated heterocycles. The molecule has 0 spiro atoms. The van der Waals surface area contributed by atoms with Crippen LogP contribution in [0.3, 0.4) is 0 Å². The van der Waals surface area contributed by atoms with Gasteiger partial charge < -0.3 is 15.2 Å². The predicted molar refractivity (Wildman–Crippen MR) is 72.4 cm³/mol. The Morgan fingerprint density at radius 2 is 1.95 bits per heavy atom. The second-order valence-corrected chi connectivity index (χ2v) is 4.20. The summed E-state index contributed by atoms with van der Waals surface area (Å²) in [4.78, 5) is 33.4. The molecular weight excluding hydrogens is 262 g/mol.